The van der Waals surface area contributed by atoms with Crippen molar-refractivity contribution < 1.29 is 14.9 Å². The first kappa shape index (κ1) is 12.4. The highest BCUT2D eigenvalue weighted by molar-refractivity contribution is 5.44. The normalized spacial score (nSPS) is 20.2. The molecule has 0 aromatic heterocycles. The van der Waals surface area contributed by atoms with Gasteiger partial charge in [-0.1, -0.05) is 12.1 Å². The molecule has 0 saturated carbocycles. The van der Waals surface area contributed by atoms with Gasteiger partial charge in [-0.05, 0) is 30.0 Å². The number of aromatic hydroxyl groups is 1. The first-order chi connectivity index (χ1) is 8.22. The highest BCUT2D eigenvalue weighted by Gasteiger charge is 2.24. The molecule has 0 spiro atoms. The Hall–Kier alpha value is -1.10. The summed E-state index contributed by atoms with van der Waals surface area (Å²) in [6, 6.07) is 5.84. The zero-order chi connectivity index (χ0) is 12.3. The predicted octanol–water partition coefficient (Wildman–Crippen LogP) is 0.976. The average Bonchev–Trinajstić information content (AvgIpc) is 2.72. The first-order valence-electron chi connectivity index (χ1n) is 5.93. The summed E-state index contributed by atoms with van der Waals surface area (Å²) in [4.78, 5) is 0. The molecule has 1 aliphatic carbocycles. The summed E-state index contributed by atoms with van der Waals surface area (Å²) in [7, 11) is 1.58. The predicted molar refractivity (Wildman–Crippen MR) is 65.1 cm³/mol. The van der Waals surface area contributed by atoms with Crippen molar-refractivity contribution >= 4 is 0 Å². The van der Waals surface area contributed by atoms with Crippen molar-refractivity contribution in [3.8, 4) is 5.75 Å². The van der Waals surface area contributed by atoms with Crippen LogP contribution in [0.4, 0.5) is 0 Å². The van der Waals surface area contributed by atoms with Crippen molar-refractivity contribution in [2.24, 2.45) is 0 Å². The summed E-state index contributed by atoms with van der Waals surface area (Å²) in [5, 5.41) is 22.6. The third kappa shape index (κ3) is 2.77. The smallest absolute Gasteiger partial charge is 0.119 e. The molecule has 0 fully saturated rings. The van der Waals surface area contributed by atoms with Crippen molar-refractivity contribution in [2.75, 3.05) is 20.3 Å². The fourth-order valence-electron chi connectivity index (χ4n) is 2.38. The summed E-state index contributed by atoms with van der Waals surface area (Å²) in [5.74, 6) is 0.379. The molecule has 1 aliphatic rings. The third-order valence-corrected chi connectivity index (χ3v) is 3.20. The van der Waals surface area contributed by atoms with Crippen molar-refractivity contribution in [2.45, 2.75) is 25.0 Å². The number of aliphatic hydroxyl groups is 1. The second kappa shape index (κ2) is 5.49. The number of ether oxygens (including phenoxy) is 1. The van der Waals surface area contributed by atoms with Gasteiger partial charge in [0.2, 0.25) is 0 Å². The Balaban J connectivity index is 1.96. The zero-order valence-corrected chi connectivity index (χ0v) is 10.0. The second-order valence-electron chi connectivity index (χ2n) is 4.45. The van der Waals surface area contributed by atoms with E-state index in [9.17, 15) is 10.2 Å². The Morgan fingerprint density at radius 2 is 2.35 bits per heavy atom. The fraction of sp³-hybridized carbons (Fsp3) is 0.538. The molecule has 1 aromatic carbocycles. The Morgan fingerprint density at radius 3 is 3.12 bits per heavy atom. The largest absolute Gasteiger partial charge is 0.508 e. The molecule has 3 N–H and O–H groups in total. The van der Waals surface area contributed by atoms with E-state index in [0.29, 0.717) is 18.9 Å². The lowest BCUT2D eigenvalue weighted by Crippen LogP contribution is -2.32. The minimum Gasteiger partial charge on any atom is -0.508 e. The number of methoxy groups -OCH3 is 1. The standard InChI is InChI=1S/C13H19NO3/c1-17-8-9(15)7-14-12-6-5-11-10(12)3-2-4-13(11)16/h2-4,9,12,14-16H,5-8H2,1H3. The molecular weight excluding hydrogens is 218 g/mol. The SMILES string of the molecule is COCC(O)CNC1CCc2c(O)cccc21. The topological polar surface area (TPSA) is 61.7 Å². The molecule has 17 heavy (non-hydrogen) atoms. The zero-order valence-electron chi connectivity index (χ0n) is 10.0. The lowest BCUT2D eigenvalue weighted by Gasteiger charge is -2.17. The van der Waals surface area contributed by atoms with Gasteiger partial charge in [0.15, 0.2) is 0 Å². The van der Waals surface area contributed by atoms with Crippen molar-refractivity contribution in [1.29, 1.82) is 0 Å². The van der Waals surface area contributed by atoms with Gasteiger partial charge in [-0.2, -0.15) is 0 Å². The Bertz CT molecular complexity index is 381. The Labute approximate surface area is 101 Å². The van der Waals surface area contributed by atoms with Crippen LogP contribution in [0.1, 0.15) is 23.6 Å². The molecule has 0 heterocycles. The first-order valence-corrected chi connectivity index (χ1v) is 5.93. The molecule has 2 atom stereocenters. The van der Waals surface area contributed by atoms with Crippen LogP contribution < -0.4 is 5.32 Å². The van der Waals surface area contributed by atoms with Gasteiger partial charge < -0.3 is 20.3 Å². The van der Waals surface area contributed by atoms with Crippen molar-refractivity contribution in [1.82, 2.24) is 5.32 Å². The van der Waals surface area contributed by atoms with Crippen LogP contribution >= 0.6 is 0 Å². The monoisotopic (exact) mass is 237 g/mol. The van der Waals surface area contributed by atoms with E-state index >= 15 is 0 Å². The van der Waals surface area contributed by atoms with Gasteiger partial charge in [0.05, 0.1) is 12.7 Å². The number of fused-ring (bicyclic) bond motifs is 1. The van der Waals surface area contributed by atoms with Gasteiger partial charge >= 0.3 is 0 Å². The summed E-state index contributed by atoms with van der Waals surface area (Å²) >= 11 is 0. The molecule has 0 radical (unpaired) electrons. The van der Waals surface area contributed by atoms with Gasteiger partial charge in [0.25, 0.3) is 0 Å². The number of phenolic OH excluding ortho intramolecular Hbond substituents is 1. The van der Waals surface area contributed by atoms with Crippen LogP contribution in [0.2, 0.25) is 0 Å². The molecule has 0 amide bonds. The van der Waals surface area contributed by atoms with E-state index in [1.165, 1.54) is 0 Å². The molecule has 4 heteroatoms. The van der Waals surface area contributed by atoms with E-state index in [2.05, 4.69) is 5.32 Å². The van der Waals surface area contributed by atoms with Crippen molar-refractivity contribution in [3.63, 3.8) is 0 Å². The van der Waals surface area contributed by atoms with Gasteiger partial charge in [0.1, 0.15) is 5.75 Å². The number of rotatable bonds is 5. The molecule has 2 unspecified atom stereocenters. The maximum atomic E-state index is 9.71. The van der Waals surface area contributed by atoms with E-state index in [4.69, 9.17) is 4.74 Å². The molecule has 4 nitrogen and oxygen atoms in total. The van der Waals surface area contributed by atoms with Crippen LogP contribution in [0, 0.1) is 0 Å². The van der Waals surface area contributed by atoms with Crippen LogP contribution in [-0.4, -0.2) is 36.6 Å². The Morgan fingerprint density at radius 1 is 1.53 bits per heavy atom. The number of hydrogen-bond donors (Lipinski definition) is 3. The number of benzene rings is 1. The molecule has 1 aromatic rings. The summed E-state index contributed by atoms with van der Waals surface area (Å²) < 4.78 is 4.88. The molecule has 94 valence electrons. The number of hydrogen-bond acceptors (Lipinski definition) is 4. The summed E-state index contributed by atoms with van der Waals surface area (Å²) in [5.41, 5.74) is 2.18. The van der Waals surface area contributed by atoms with Crippen LogP contribution in [0.3, 0.4) is 0 Å². The molecule has 0 aliphatic heterocycles. The van der Waals surface area contributed by atoms with Crippen LogP contribution in [-0.2, 0) is 11.2 Å². The number of aliphatic hydroxyl groups excluding tert-OH is 1. The van der Waals surface area contributed by atoms with E-state index in [-0.39, 0.29) is 6.04 Å². The van der Waals surface area contributed by atoms with E-state index in [1.807, 2.05) is 12.1 Å². The lowest BCUT2D eigenvalue weighted by molar-refractivity contribution is 0.0627. The molecular formula is C13H19NO3. The highest BCUT2D eigenvalue weighted by Crippen LogP contribution is 2.36. The number of phenols is 1. The molecule has 0 bridgehead atoms. The molecule has 0 saturated heterocycles. The maximum absolute atomic E-state index is 9.71. The van der Waals surface area contributed by atoms with E-state index < -0.39 is 6.10 Å². The molecule has 2 rings (SSSR count). The van der Waals surface area contributed by atoms with Gasteiger partial charge in [-0.15, -0.1) is 0 Å². The maximum Gasteiger partial charge on any atom is 0.119 e. The average molecular weight is 237 g/mol. The number of nitrogens with one attached hydrogen (secondary N) is 1. The minimum absolute atomic E-state index is 0.226. The van der Waals surface area contributed by atoms with E-state index in [1.54, 1.807) is 13.2 Å². The van der Waals surface area contributed by atoms with E-state index in [0.717, 1.165) is 24.0 Å². The van der Waals surface area contributed by atoms with Gasteiger partial charge in [0, 0.05) is 19.7 Å². The summed E-state index contributed by atoms with van der Waals surface area (Å²) in [6.07, 6.45) is 1.37. The lowest BCUT2D eigenvalue weighted by atomic mass is 10.1. The second-order valence-corrected chi connectivity index (χ2v) is 4.45. The van der Waals surface area contributed by atoms with Gasteiger partial charge in [-0.3, -0.25) is 0 Å². The van der Waals surface area contributed by atoms with Crippen LogP contribution in [0.25, 0.3) is 0 Å². The highest BCUT2D eigenvalue weighted by atomic mass is 16.5. The quantitative estimate of drug-likeness (QED) is 0.714. The fourth-order valence-corrected chi connectivity index (χ4v) is 2.38. The van der Waals surface area contributed by atoms with Gasteiger partial charge in [-0.25, -0.2) is 0 Å². The van der Waals surface area contributed by atoms with Crippen LogP contribution in [0.5, 0.6) is 5.75 Å². The Kier molecular flexibility index (Phi) is 3.99. The summed E-state index contributed by atoms with van der Waals surface area (Å²) in [6.45, 7) is 0.847. The van der Waals surface area contributed by atoms with Crippen LogP contribution in [0.15, 0.2) is 18.2 Å². The minimum atomic E-state index is -0.485. The van der Waals surface area contributed by atoms with Crippen molar-refractivity contribution in [3.05, 3.63) is 29.3 Å². The third-order valence-electron chi connectivity index (χ3n) is 3.20.